The number of rotatable bonds is 8. The van der Waals surface area contributed by atoms with Crippen LogP contribution in [-0.2, 0) is 27.0 Å². The summed E-state index contributed by atoms with van der Waals surface area (Å²) in [5, 5.41) is 2.70. The number of hydrogen-bond donors (Lipinski definition) is 2. The molecule has 128 valence electrons. The summed E-state index contributed by atoms with van der Waals surface area (Å²) in [7, 11) is -3.55. The molecule has 0 saturated carbocycles. The molecule has 0 heterocycles. The van der Waals surface area contributed by atoms with E-state index >= 15 is 0 Å². The third-order valence-corrected chi connectivity index (χ3v) is 5.13. The van der Waals surface area contributed by atoms with Gasteiger partial charge in [-0.25, -0.2) is 13.1 Å². The molecule has 0 fully saturated rings. The first-order chi connectivity index (χ1) is 11.4. The Morgan fingerprint density at radius 2 is 1.62 bits per heavy atom. The van der Waals surface area contributed by atoms with Gasteiger partial charge in [-0.2, -0.15) is 0 Å². The van der Waals surface area contributed by atoms with Crippen molar-refractivity contribution < 1.29 is 13.2 Å². The Balaban J connectivity index is 1.72. The van der Waals surface area contributed by atoms with Gasteiger partial charge in [-0.05, 0) is 29.7 Å². The molecular formula is C17H19BrN2O3S. The quantitative estimate of drug-likeness (QED) is 0.700. The van der Waals surface area contributed by atoms with E-state index in [9.17, 15) is 13.2 Å². The maximum atomic E-state index is 12.0. The van der Waals surface area contributed by atoms with E-state index in [-0.39, 0.29) is 18.2 Å². The fraction of sp³-hybridized carbons (Fsp3) is 0.235. The molecule has 2 rings (SSSR count). The van der Waals surface area contributed by atoms with E-state index < -0.39 is 10.0 Å². The van der Waals surface area contributed by atoms with Gasteiger partial charge < -0.3 is 5.32 Å². The van der Waals surface area contributed by atoms with Gasteiger partial charge in [0.2, 0.25) is 15.9 Å². The van der Waals surface area contributed by atoms with Gasteiger partial charge in [-0.3, -0.25) is 4.79 Å². The fourth-order valence-electron chi connectivity index (χ4n) is 2.08. The molecule has 0 bridgehead atoms. The molecule has 1 amide bonds. The number of benzene rings is 2. The highest BCUT2D eigenvalue weighted by Gasteiger charge is 2.13. The van der Waals surface area contributed by atoms with Gasteiger partial charge in [-0.15, -0.1) is 0 Å². The second-order valence-corrected chi connectivity index (χ2v) is 8.01. The zero-order chi connectivity index (χ0) is 17.4. The lowest BCUT2D eigenvalue weighted by molar-refractivity contribution is -0.119. The molecule has 2 aromatic rings. The molecule has 0 atom stereocenters. The average molecular weight is 411 g/mol. The Labute approximate surface area is 150 Å². The molecule has 5 nitrogen and oxygen atoms in total. The monoisotopic (exact) mass is 410 g/mol. The van der Waals surface area contributed by atoms with E-state index in [1.807, 2.05) is 30.3 Å². The van der Waals surface area contributed by atoms with Crippen LogP contribution in [0.25, 0.3) is 0 Å². The van der Waals surface area contributed by atoms with Crippen LogP contribution in [0.15, 0.2) is 59.1 Å². The van der Waals surface area contributed by atoms with Gasteiger partial charge in [0.05, 0.1) is 12.3 Å². The molecule has 0 aliphatic heterocycles. The van der Waals surface area contributed by atoms with Gasteiger partial charge >= 0.3 is 0 Å². The molecule has 0 radical (unpaired) electrons. The minimum Gasteiger partial charge on any atom is -0.355 e. The van der Waals surface area contributed by atoms with E-state index in [0.717, 1.165) is 10.0 Å². The van der Waals surface area contributed by atoms with Crippen molar-refractivity contribution in [1.82, 2.24) is 10.0 Å². The lowest BCUT2D eigenvalue weighted by Crippen LogP contribution is -2.38. The highest BCUT2D eigenvalue weighted by Crippen LogP contribution is 2.12. The van der Waals surface area contributed by atoms with Gasteiger partial charge in [0, 0.05) is 11.0 Å². The van der Waals surface area contributed by atoms with E-state index in [0.29, 0.717) is 18.5 Å². The standard InChI is InChI=1S/C17H19BrN2O3S/c18-16-8-6-15(7-9-16)13-24(22,23)20-12-17(21)19-11-10-14-4-2-1-3-5-14/h1-9,20H,10-13H2,(H,19,21). The zero-order valence-electron chi connectivity index (χ0n) is 13.0. The fourth-order valence-corrected chi connectivity index (χ4v) is 3.43. The Kier molecular flexibility index (Phi) is 6.96. The molecule has 0 spiro atoms. The first kappa shape index (κ1) is 18.6. The molecule has 0 aromatic heterocycles. The largest absolute Gasteiger partial charge is 0.355 e. The number of amides is 1. The second kappa shape index (κ2) is 8.96. The molecule has 0 aliphatic rings. The van der Waals surface area contributed by atoms with Crippen molar-refractivity contribution in [3.63, 3.8) is 0 Å². The third kappa shape index (κ3) is 6.82. The van der Waals surface area contributed by atoms with Crippen molar-refractivity contribution in [2.45, 2.75) is 12.2 Å². The minimum atomic E-state index is -3.55. The molecule has 24 heavy (non-hydrogen) atoms. The summed E-state index contributed by atoms with van der Waals surface area (Å²) in [6.45, 7) is 0.213. The lowest BCUT2D eigenvalue weighted by atomic mass is 10.1. The predicted octanol–water partition coefficient (Wildman–Crippen LogP) is 2.23. The predicted molar refractivity (Wildman–Crippen MR) is 97.9 cm³/mol. The maximum absolute atomic E-state index is 12.0. The first-order valence-corrected chi connectivity index (χ1v) is 9.91. The maximum Gasteiger partial charge on any atom is 0.235 e. The number of nitrogens with one attached hydrogen (secondary N) is 2. The van der Waals surface area contributed by atoms with Crippen LogP contribution in [0.2, 0.25) is 0 Å². The lowest BCUT2D eigenvalue weighted by Gasteiger charge is -2.08. The van der Waals surface area contributed by atoms with Gasteiger partial charge in [0.15, 0.2) is 0 Å². The molecule has 2 N–H and O–H groups in total. The SMILES string of the molecule is O=C(CNS(=O)(=O)Cc1ccc(Br)cc1)NCCc1ccccc1. The molecule has 0 saturated heterocycles. The number of halogens is 1. The van der Waals surface area contributed by atoms with E-state index in [4.69, 9.17) is 0 Å². The summed E-state index contributed by atoms with van der Waals surface area (Å²) in [6, 6.07) is 16.8. The molecule has 0 aliphatic carbocycles. The van der Waals surface area contributed by atoms with Crippen molar-refractivity contribution in [3.8, 4) is 0 Å². The van der Waals surface area contributed by atoms with Crippen LogP contribution in [0.1, 0.15) is 11.1 Å². The van der Waals surface area contributed by atoms with Crippen molar-refractivity contribution >= 4 is 31.9 Å². The van der Waals surface area contributed by atoms with Gasteiger partial charge in [0.1, 0.15) is 0 Å². The van der Waals surface area contributed by atoms with Crippen LogP contribution in [0.5, 0.6) is 0 Å². The molecule has 7 heteroatoms. The number of sulfonamides is 1. The summed E-state index contributed by atoms with van der Waals surface area (Å²) < 4.78 is 27.2. The summed E-state index contributed by atoms with van der Waals surface area (Å²) >= 11 is 3.30. The summed E-state index contributed by atoms with van der Waals surface area (Å²) in [4.78, 5) is 11.7. The van der Waals surface area contributed by atoms with E-state index in [2.05, 4.69) is 26.0 Å². The smallest absolute Gasteiger partial charge is 0.235 e. The van der Waals surface area contributed by atoms with Crippen LogP contribution < -0.4 is 10.0 Å². The van der Waals surface area contributed by atoms with Crippen LogP contribution >= 0.6 is 15.9 Å². The molecule has 0 unspecified atom stereocenters. The van der Waals surface area contributed by atoms with Crippen molar-refractivity contribution in [2.24, 2.45) is 0 Å². The van der Waals surface area contributed by atoms with Crippen LogP contribution in [0, 0.1) is 0 Å². The topological polar surface area (TPSA) is 75.3 Å². The van der Waals surface area contributed by atoms with Crippen molar-refractivity contribution in [1.29, 1.82) is 0 Å². The highest BCUT2D eigenvalue weighted by molar-refractivity contribution is 9.10. The minimum absolute atomic E-state index is 0.155. The van der Waals surface area contributed by atoms with E-state index in [1.165, 1.54) is 0 Å². The Hall–Kier alpha value is -1.70. The normalized spacial score (nSPS) is 11.2. The summed E-state index contributed by atoms with van der Waals surface area (Å²) in [6.07, 6.45) is 0.707. The van der Waals surface area contributed by atoms with Crippen molar-refractivity contribution in [2.75, 3.05) is 13.1 Å². The molecule has 2 aromatic carbocycles. The van der Waals surface area contributed by atoms with Gasteiger partial charge in [-0.1, -0.05) is 58.4 Å². The second-order valence-electron chi connectivity index (χ2n) is 5.29. The molecular weight excluding hydrogens is 392 g/mol. The number of carbonyl (C=O) groups excluding carboxylic acids is 1. The Bertz CT molecular complexity index is 762. The number of carbonyl (C=O) groups is 1. The highest BCUT2D eigenvalue weighted by atomic mass is 79.9. The first-order valence-electron chi connectivity index (χ1n) is 7.47. The Morgan fingerprint density at radius 1 is 0.958 bits per heavy atom. The summed E-state index contributed by atoms with van der Waals surface area (Å²) in [5.41, 5.74) is 1.78. The van der Waals surface area contributed by atoms with Crippen LogP contribution in [-0.4, -0.2) is 27.4 Å². The van der Waals surface area contributed by atoms with Crippen LogP contribution in [0.4, 0.5) is 0 Å². The Morgan fingerprint density at radius 3 is 2.29 bits per heavy atom. The zero-order valence-corrected chi connectivity index (χ0v) is 15.4. The third-order valence-electron chi connectivity index (χ3n) is 3.30. The van der Waals surface area contributed by atoms with E-state index in [1.54, 1.807) is 24.3 Å². The van der Waals surface area contributed by atoms with Crippen molar-refractivity contribution in [3.05, 3.63) is 70.2 Å². The van der Waals surface area contributed by atoms with Crippen LogP contribution in [0.3, 0.4) is 0 Å². The number of hydrogen-bond acceptors (Lipinski definition) is 3. The summed E-state index contributed by atoms with van der Waals surface area (Å²) in [5.74, 6) is -0.497. The van der Waals surface area contributed by atoms with Gasteiger partial charge in [0.25, 0.3) is 0 Å². The average Bonchev–Trinajstić information content (AvgIpc) is 2.56.